The molecule has 0 bridgehead atoms. The molecule has 0 saturated carbocycles. The van der Waals surface area contributed by atoms with E-state index in [-0.39, 0.29) is 0 Å². The quantitative estimate of drug-likeness (QED) is 0.530. The number of piperidine rings is 1. The molecule has 5 nitrogen and oxygen atoms in total. The van der Waals surface area contributed by atoms with E-state index in [2.05, 4.69) is 62.1 Å². The number of likely N-dealkylation sites (N-methyl/N-ethyl adjacent to an activating group) is 1. The Bertz CT molecular complexity index is 334. The monoisotopic (exact) mass is 325 g/mol. The predicted molar refractivity (Wildman–Crippen MR) is 101 cm³/mol. The first-order valence-electron chi connectivity index (χ1n) is 9.47. The molecule has 1 aliphatic rings. The molecule has 1 saturated heterocycles. The van der Waals surface area contributed by atoms with E-state index < -0.39 is 0 Å². The maximum Gasteiger partial charge on any atom is 0.191 e. The van der Waals surface area contributed by atoms with Crippen LogP contribution in [-0.2, 0) is 0 Å². The molecule has 0 aromatic heterocycles. The Hall–Kier alpha value is -0.810. The van der Waals surface area contributed by atoms with E-state index in [1.165, 1.54) is 32.4 Å². The van der Waals surface area contributed by atoms with Gasteiger partial charge < -0.3 is 20.4 Å². The molecule has 1 heterocycles. The highest BCUT2D eigenvalue weighted by Gasteiger charge is 2.21. The van der Waals surface area contributed by atoms with Crippen molar-refractivity contribution >= 4 is 5.96 Å². The Kier molecular flexibility index (Phi) is 9.56. The van der Waals surface area contributed by atoms with Crippen LogP contribution in [0, 0.1) is 0 Å². The number of rotatable bonds is 8. The van der Waals surface area contributed by atoms with Gasteiger partial charge >= 0.3 is 0 Å². The SMILES string of the molecule is CCNC(=NCCN(C)C(C)CC)NC1CCN(C(C)C)CC1. The minimum atomic E-state index is 0.551. The molecule has 1 unspecified atom stereocenters. The summed E-state index contributed by atoms with van der Waals surface area (Å²) in [6.07, 6.45) is 3.59. The lowest BCUT2D eigenvalue weighted by Gasteiger charge is -2.35. The van der Waals surface area contributed by atoms with Crippen LogP contribution in [-0.4, -0.2) is 73.7 Å². The molecule has 1 atom stereocenters. The van der Waals surface area contributed by atoms with Crippen molar-refractivity contribution in [1.82, 2.24) is 20.4 Å². The van der Waals surface area contributed by atoms with Gasteiger partial charge in [0, 0.05) is 44.3 Å². The molecule has 0 radical (unpaired) electrons. The molecule has 0 spiro atoms. The molecule has 136 valence electrons. The third-order valence-corrected chi connectivity index (χ3v) is 5.01. The second-order valence-corrected chi connectivity index (χ2v) is 7.05. The van der Waals surface area contributed by atoms with Crippen LogP contribution in [0.25, 0.3) is 0 Å². The van der Waals surface area contributed by atoms with Crippen molar-refractivity contribution in [3.8, 4) is 0 Å². The van der Waals surface area contributed by atoms with E-state index in [9.17, 15) is 0 Å². The van der Waals surface area contributed by atoms with Gasteiger partial charge in [-0.3, -0.25) is 4.99 Å². The smallest absolute Gasteiger partial charge is 0.191 e. The average molecular weight is 326 g/mol. The van der Waals surface area contributed by atoms with Crippen molar-refractivity contribution in [3.63, 3.8) is 0 Å². The first-order chi connectivity index (χ1) is 11.0. The van der Waals surface area contributed by atoms with Gasteiger partial charge in [0.2, 0.25) is 0 Å². The average Bonchev–Trinajstić information content (AvgIpc) is 2.54. The van der Waals surface area contributed by atoms with E-state index >= 15 is 0 Å². The minimum Gasteiger partial charge on any atom is -0.357 e. The van der Waals surface area contributed by atoms with E-state index in [4.69, 9.17) is 4.99 Å². The molecule has 0 aliphatic carbocycles. The van der Waals surface area contributed by atoms with Gasteiger partial charge in [0.25, 0.3) is 0 Å². The lowest BCUT2D eigenvalue weighted by molar-refractivity contribution is 0.167. The van der Waals surface area contributed by atoms with Gasteiger partial charge in [0.15, 0.2) is 5.96 Å². The zero-order valence-corrected chi connectivity index (χ0v) is 16.2. The summed E-state index contributed by atoms with van der Waals surface area (Å²) in [5, 5.41) is 7.01. The Labute approximate surface area is 143 Å². The number of guanidine groups is 1. The van der Waals surface area contributed by atoms with Gasteiger partial charge in [-0.15, -0.1) is 0 Å². The normalized spacial score (nSPS) is 19.4. The van der Waals surface area contributed by atoms with Crippen LogP contribution in [0.15, 0.2) is 4.99 Å². The lowest BCUT2D eigenvalue weighted by atomic mass is 10.0. The first kappa shape index (κ1) is 20.2. The van der Waals surface area contributed by atoms with E-state index in [0.717, 1.165) is 25.6 Å². The predicted octanol–water partition coefficient (Wildman–Crippen LogP) is 2.14. The van der Waals surface area contributed by atoms with Gasteiger partial charge in [0.05, 0.1) is 6.54 Å². The molecule has 5 heteroatoms. The minimum absolute atomic E-state index is 0.551. The zero-order chi connectivity index (χ0) is 17.2. The summed E-state index contributed by atoms with van der Waals surface area (Å²) < 4.78 is 0. The molecule has 0 aromatic carbocycles. The number of likely N-dealkylation sites (tertiary alicyclic amines) is 1. The molecule has 0 aromatic rings. The van der Waals surface area contributed by atoms with E-state index in [1.807, 2.05) is 0 Å². The largest absolute Gasteiger partial charge is 0.357 e. The summed E-state index contributed by atoms with van der Waals surface area (Å²) >= 11 is 0. The highest BCUT2D eigenvalue weighted by molar-refractivity contribution is 5.80. The van der Waals surface area contributed by atoms with Crippen LogP contribution in [0.5, 0.6) is 0 Å². The number of nitrogens with zero attached hydrogens (tertiary/aromatic N) is 3. The van der Waals surface area contributed by atoms with Crippen molar-refractivity contribution in [2.45, 2.75) is 72.0 Å². The maximum absolute atomic E-state index is 4.76. The van der Waals surface area contributed by atoms with Crippen molar-refractivity contribution in [2.75, 3.05) is 39.8 Å². The van der Waals surface area contributed by atoms with Crippen LogP contribution in [0.3, 0.4) is 0 Å². The highest BCUT2D eigenvalue weighted by atomic mass is 15.2. The summed E-state index contributed by atoms with van der Waals surface area (Å²) in [4.78, 5) is 9.70. The maximum atomic E-state index is 4.76. The van der Waals surface area contributed by atoms with Crippen LogP contribution in [0.2, 0.25) is 0 Å². The van der Waals surface area contributed by atoms with Crippen LogP contribution < -0.4 is 10.6 Å². The Morgan fingerprint density at radius 2 is 1.87 bits per heavy atom. The number of aliphatic imine (C=N–C) groups is 1. The lowest BCUT2D eigenvalue weighted by Crippen LogP contribution is -2.50. The molecule has 1 rings (SSSR count). The summed E-state index contributed by atoms with van der Waals surface area (Å²) in [5.74, 6) is 0.980. The van der Waals surface area contributed by atoms with Gasteiger partial charge in [-0.2, -0.15) is 0 Å². The molecular formula is C18H39N5. The fourth-order valence-corrected chi connectivity index (χ4v) is 2.93. The standard InChI is InChI=1S/C18H39N5/c1-7-16(5)22(6)14-11-20-18(19-8-2)21-17-9-12-23(13-10-17)15(3)4/h15-17H,7-14H2,1-6H3,(H2,19,20,21). The number of hydrogen-bond acceptors (Lipinski definition) is 3. The van der Waals surface area contributed by atoms with Gasteiger partial charge in [-0.05, 0) is 54.0 Å². The molecule has 23 heavy (non-hydrogen) atoms. The topological polar surface area (TPSA) is 42.9 Å². The Balaban J connectivity index is 2.41. The fraction of sp³-hybridized carbons (Fsp3) is 0.944. The van der Waals surface area contributed by atoms with Crippen molar-refractivity contribution in [3.05, 3.63) is 0 Å². The van der Waals surface area contributed by atoms with Crippen molar-refractivity contribution in [2.24, 2.45) is 4.99 Å². The fourth-order valence-electron chi connectivity index (χ4n) is 2.93. The van der Waals surface area contributed by atoms with Gasteiger partial charge in [-0.25, -0.2) is 0 Å². The second-order valence-electron chi connectivity index (χ2n) is 7.05. The van der Waals surface area contributed by atoms with Crippen molar-refractivity contribution < 1.29 is 0 Å². The third-order valence-electron chi connectivity index (χ3n) is 5.01. The van der Waals surface area contributed by atoms with E-state index in [0.29, 0.717) is 18.1 Å². The summed E-state index contributed by atoms with van der Waals surface area (Å²) in [5.41, 5.74) is 0. The van der Waals surface area contributed by atoms with Gasteiger partial charge in [-0.1, -0.05) is 6.92 Å². The molecule has 1 fully saturated rings. The summed E-state index contributed by atoms with van der Waals surface area (Å²) in [6, 6.07) is 1.84. The highest BCUT2D eigenvalue weighted by Crippen LogP contribution is 2.12. The summed E-state index contributed by atoms with van der Waals surface area (Å²) in [7, 11) is 2.19. The third kappa shape index (κ3) is 7.53. The molecular weight excluding hydrogens is 286 g/mol. The Morgan fingerprint density at radius 1 is 1.22 bits per heavy atom. The zero-order valence-electron chi connectivity index (χ0n) is 16.2. The van der Waals surface area contributed by atoms with E-state index in [1.54, 1.807) is 0 Å². The molecule has 2 N–H and O–H groups in total. The van der Waals surface area contributed by atoms with Crippen molar-refractivity contribution in [1.29, 1.82) is 0 Å². The van der Waals surface area contributed by atoms with Crippen LogP contribution in [0.4, 0.5) is 0 Å². The summed E-state index contributed by atoms with van der Waals surface area (Å²) in [6.45, 7) is 16.4. The van der Waals surface area contributed by atoms with Gasteiger partial charge in [0.1, 0.15) is 0 Å². The molecule has 1 aliphatic heterocycles. The number of hydrogen-bond donors (Lipinski definition) is 2. The number of nitrogens with one attached hydrogen (secondary N) is 2. The Morgan fingerprint density at radius 3 is 2.39 bits per heavy atom. The second kappa shape index (κ2) is 10.9. The van der Waals surface area contributed by atoms with Crippen LogP contribution in [0.1, 0.15) is 53.9 Å². The molecule has 0 amide bonds. The van der Waals surface area contributed by atoms with Crippen LogP contribution >= 0.6 is 0 Å². The first-order valence-corrected chi connectivity index (χ1v) is 9.47.